The zero-order chi connectivity index (χ0) is 13.8. The quantitative estimate of drug-likeness (QED) is 0.884. The molecule has 0 aliphatic heterocycles. The molecule has 19 heavy (non-hydrogen) atoms. The first-order valence-corrected chi connectivity index (χ1v) is 7.27. The van der Waals surface area contributed by atoms with Gasteiger partial charge in [0.05, 0.1) is 10.6 Å². The van der Waals surface area contributed by atoms with Gasteiger partial charge in [-0.05, 0) is 42.9 Å². The molecule has 1 aromatic rings. The van der Waals surface area contributed by atoms with E-state index in [1.165, 1.54) is 25.7 Å². The highest BCUT2D eigenvalue weighted by Crippen LogP contribution is 2.29. The number of hydrogen-bond acceptors (Lipinski definition) is 2. The lowest BCUT2D eigenvalue weighted by molar-refractivity contribution is 0.100. The highest BCUT2D eigenvalue weighted by Gasteiger charge is 2.18. The van der Waals surface area contributed by atoms with E-state index in [0.29, 0.717) is 10.6 Å². The maximum absolute atomic E-state index is 11.1. The second-order valence-corrected chi connectivity index (χ2v) is 5.98. The van der Waals surface area contributed by atoms with E-state index < -0.39 is 5.91 Å². The topological polar surface area (TPSA) is 55.1 Å². The molecule has 0 heterocycles. The molecular formula is C15H21ClN2O. The Kier molecular flexibility index (Phi) is 4.70. The Morgan fingerprint density at radius 2 is 2.26 bits per heavy atom. The van der Waals surface area contributed by atoms with Crippen molar-refractivity contribution in [3.05, 3.63) is 28.8 Å². The average Bonchev–Trinajstić information content (AvgIpc) is 2.36. The highest BCUT2D eigenvalue weighted by molar-refractivity contribution is 6.34. The Hall–Kier alpha value is -1.22. The minimum atomic E-state index is -0.488. The second kappa shape index (κ2) is 6.29. The lowest BCUT2D eigenvalue weighted by atomic mass is 9.82. The molecule has 1 aliphatic rings. The maximum atomic E-state index is 11.1. The number of anilines is 1. The van der Waals surface area contributed by atoms with Crippen molar-refractivity contribution in [2.45, 2.75) is 32.6 Å². The van der Waals surface area contributed by atoms with Gasteiger partial charge in [-0.25, -0.2) is 0 Å². The fourth-order valence-corrected chi connectivity index (χ4v) is 3.11. The van der Waals surface area contributed by atoms with Crippen LogP contribution in [0.3, 0.4) is 0 Å². The fraction of sp³-hybridized carbons (Fsp3) is 0.533. The van der Waals surface area contributed by atoms with E-state index >= 15 is 0 Å². The van der Waals surface area contributed by atoms with Gasteiger partial charge in [0, 0.05) is 12.2 Å². The van der Waals surface area contributed by atoms with Gasteiger partial charge in [0.1, 0.15) is 0 Å². The molecule has 1 fully saturated rings. The van der Waals surface area contributed by atoms with Crippen LogP contribution in [0.25, 0.3) is 0 Å². The summed E-state index contributed by atoms with van der Waals surface area (Å²) in [5.74, 6) is 1.08. The molecule has 0 radical (unpaired) electrons. The number of nitrogens with one attached hydrogen (secondary N) is 1. The number of primary amides is 1. The van der Waals surface area contributed by atoms with Crippen molar-refractivity contribution in [1.82, 2.24) is 0 Å². The first-order valence-electron chi connectivity index (χ1n) is 6.89. The normalized spacial score (nSPS) is 23.1. The lowest BCUT2D eigenvalue weighted by Gasteiger charge is -2.27. The van der Waals surface area contributed by atoms with E-state index in [2.05, 4.69) is 12.2 Å². The van der Waals surface area contributed by atoms with Crippen LogP contribution >= 0.6 is 11.6 Å². The molecule has 3 N–H and O–H groups in total. The van der Waals surface area contributed by atoms with Crippen molar-refractivity contribution in [1.29, 1.82) is 0 Å². The number of carbonyl (C=O) groups is 1. The maximum Gasteiger partial charge on any atom is 0.250 e. The van der Waals surface area contributed by atoms with E-state index in [4.69, 9.17) is 17.3 Å². The van der Waals surface area contributed by atoms with Crippen molar-refractivity contribution < 1.29 is 4.79 Å². The number of halogens is 1. The molecule has 0 aromatic heterocycles. The Bertz CT molecular complexity index is 461. The van der Waals surface area contributed by atoms with Gasteiger partial charge in [-0.3, -0.25) is 4.79 Å². The standard InChI is InChI=1S/C15H21ClN2O/c1-10-3-2-4-11(7-10)9-18-12-5-6-13(15(17)19)14(16)8-12/h5-6,8,10-11,18H,2-4,7,9H2,1H3,(H2,17,19). The monoisotopic (exact) mass is 280 g/mol. The number of benzene rings is 1. The SMILES string of the molecule is CC1CCCC(CNc2ccc(C(N)=O)c(Cl)c2)C1. The second-order valence-electron chi connectivity index (χ2n) is 5.58. The van der Waals surface area contributed by atoms with Crippen LogP contribution in [0.2, 0.25) is 5.02 Å². The summed E-state index contributed by atoms with van der Waals surface area (Å²) in [6.45, 7) is 3.29. The summed E-state index contributed by atoms with van der Waals surface area (Å²) in [4.78, 5) is 11.1. The van der Waals surface area contributed by atoms with Crippen molar-refractivity contribution in [2.24, 2.45) is 17.6 Å². The van der Waals surface area contributed by atoms with Gasteiger partial charge in [-0.1, -0.05) is 31.4 Å². The van der Waals surface area contributed by atoms with Crippen LogP contribution in [0.15, 0.2) is 18.2 Å². The third-order valence-corrected chi connectivity index (χ3v) is 4.19. The predicted octanol–water partition coefficient (Wildman–Crippen LogP) is 3.68. The molecule has 2 unspecified atom stereocenters. The molecule has 2 rings (SSSR count). The van der Waals surface area contributed by atoms with Crippen molar-refractivity contribution in [3.8, 4) is 0 Å². The third kappa shape index (κ3) is 3.87. The van der Waals surface area contributed by atoms with Crippen LogP contribution in [0.1, 0.15) is 43.0 Å². The van der Waals surface area contributed by atoms with Gasteiger partial charge in [-0.15, -0.1) is 0 Å². The van der Waals surface area contributed by atoms with E-state index in [1.807, 2.05) is 6.07 Å². The molecule has 1 amide bonds. The Morgan fingerprint density at radius 3 is 2.89 bits per heavy atom. The van der Waals surface area contributed by atoms with E-state index in [9.17, 15) is 4.79 Å². The smallest absolute Gasteiger partial charge is 0.250 e. The van der Waals surface area contributed by atoms with Crippen molar-refractivity contribution >= 4 is 23.2 Å². The summed E-state index contributed by atoms with van der Waals surface area (Å²) in [7, 11) is 0. The molecule has 3 nitrogen and oxygen atoms in total. The summed E-state index contributed by atoms with van der Waals surface area (Å²) in [6, 6.07) is 5.31. The van der Waals surface area contributed by atoms with Crippen molar-refractivity contribution in [3.63, 3.8) is 0 Å². The van der Waals surface area contributed by atoms with Gasteiger partial charge >= 0.3 is 0 Å². The first-order chi connectivity index (χ1) is 9.06. The van der Waals surface area contributed by atoms with Crippen LogP contribution < -0.4 is 11.1 Å². The Morgan fingerprint density at radius 1 is 1.47 bits per heavy atom. The highest BCUT2D eigenvalue weighted by atomic mass is 35.5. The molecule has 1 aromatic carbocycles. The minimum Gasteiger partial charge on any atom is -0.385 e. The van der Waals surface area contributed by atoms with Crippen LogP contribution in [-0.4, -0.2) is 12.5 Å². The summed E-state index contributed by atoms with van der Waals surface area (Å²) in [5.41, 5.74) is 6.55. The van der Waals surface area contributed by atoms with Gasteiger partial charge < -0.3 is 11.1 Å². The zero-order valence-corrected chi connectivity index (χ0v) is 12.0. The molecule has 2 atom stereocenters. The van der Waals surface area contributed by atoms with E-state index in [1.54, 1.807) is 12.1 Å². The van der Waals surface area contributed by atoms with Crippen molar-refractivity contribution in [2.75, 3.05) is 11.9 Å². The Balaban J connectivity index is 1.92. The average molecular weight is 281 g/mol. The molecular weight excluding hydrogens is 260 g/mol. The van der Waals surface area contributed by atoms with Gasteiger partial charge in [-0.2, -0.15) is 0 Å². The molecule has 4 heteroatoms. The predicted molar refractivity (Wildman–Crippen MR) is 79.6 cm³/mol. The lowest BCUT2D eigenvalue weighted by Crippen LogP contribution is -2.21. The van der Waals surface area contributed by atoms with Crippen LogP contribution in [0, 0.1) is 11.8 Å². The van der Waals surface area contributed by atoms with Crippen LogP contribution in [0.4, 0.5) is 5.69 Å². The van der Waals surface area contributed by atoms with Crippen LogP contribution in [0.5, 0.6) is 0 Å². The summed E-state index contributed by atoms with van der Waals surface area (Å²) in [6.07, 6.45) is 5.27. The van der Waals surface area contributed by atoms with Gasteiger partial charge in [0.2, 0.25) is 5.91 Å². The zero-order valence-electron chi connectivity index (χ0n) is 11.3. The van der Waals surface area contributed by atoms with Crippen LogP contribution in [-0.2, 0) is 0 Å². The molecule has 0 spiro atoms. The molecule has 0 saturated heterocycles. The largest absolute Gasteiger partial charge is 0.385 e. The first kappa shape index (κ1) is 14.2. The fourth-order valence-electron chi connectivity index (χ4n) is 2.83. The number of amides is 1. The molecule has 1 aliphatic carbocycles. The third-order valence-electron chi connectivity index (χ3n) is 3.87. The van der Waals surface area contributed by atoms with E-state index in [0.717, 1.165) is 24.1 Å². The summed E-state index contributed by atoms with van der Waals surface area (Å²) in [5, 5.41) is 3.82. The molecule has 104 valence electrons. The number of hydrogen-bond donors (Lipinski definition) is 2. The summed E-state index contributed by atoms with van der Waals surface area (Å²) < 4.78 is 0. The van der Waals surface area contributed by atoms with Gasteiger partial charge in [0.15, 0.2) is 0 Å². The minimum absolute atomic E-state index is 0.374. The Labute approximate surface area is 119 Å². The van der Waals surface area contributed by atoms with Gasteiger partial charge in [0.25, 0.3) is 0 Å². The number of nitrogens with two attached hydrogens (primary N) is 1. The number of rotatable bonds is 4. The van der Waals surface area contributed by atoms with E-state index in [-0.39, 0.29) is 0 Å². The molecule has 0 bridgehead atoms. The summed E-state index contributed by atoms with van der Waals surface area (Å²) >= 11 is 6.03. The number of carbonyl (C=O) groups excluding carboxylic acids is 1. The molecule has 1 saturated carbocycles.